The summed E-state index contributed by atoms with van der Waals surface area (Å²) >= 11 is 0. The van der Waals surface area contributed by atoms with Crippen LogP contribution >= 0.6 is 0 Å². The summed E-state index contributed by atoms with van der Waals surface area (Å²) in [5.41, 5.74) is -2.98. The largest absolute Gasteiger partial charge is 0.418 e. The molecule has 0 saturated heterocycles. The molecule has 25 heavy (non-hydrogen) atoms. The Morgan fingerprint density at radius 2 is 1.88 bits per heavy atom. The lowest BCUT2D eigenvalue weighted by molar-refractivity contribution is -0.386. The summed E-state index contributed by atoms with van der Waals surface area (Å²) in [5.74, 6) is -0.914. The number of anilines is 1. The Morgan fingerprint density at radius 1 is 1.24 bits per heavy atom. The van der Waals surface area contributed by atoms with Gasteiger partial charge in [0.1, 0.15) is 6.54 Å². The number of carbonyl (C=O) groups is 1. The first-order chi connectivity index (χ1) is 11.6. The standard InChI is InChI=1S/C15H12F3N3O4/c1-9-6-7-12(21(24)25)14(23)20(9)8-13(22)19-11-5-3-2-4-10(11)15(16,17)18/h2-7H,8H2,1H3,(H,19,22). The average molecular weight is 355 g/mol. The highest BCUT2D eigenvalue weighted by Crippen LogP contribution is 2.34. The van der Waals surface area contributed by atoms with Crippen molar-refractivity contribution in [3.8, 4) is 0 Å². The summed E-state index contributed by atoms with van der Waals surface area (Å²) in [5, 5.41) is 12.9. The number of benzene rings is 1. The van der Waals surface area contributed by atoms with E-state index in [2.05, 4.69) is 5.32 Å². The predicted octanol–water partition coefficient (Wildman–Crippen LogP) is 2.72. The smallest absolute Gasteiger partial charge is 0.324 e. The molecule has 132 valence electrons. The highest BCUT2D eigenvalue weighted by molar-refractivity contribution is 5.91. The van der Waals surface area contributed by atoms with Gasteiger partial charge in [-0.2, -0.15) is 13.2 Å². The van der Waals surface area contributed by atoms with Gasteiger partial charge in [0.2, 0.25) is 5.91 Å². The number of para-hydroxylation sites is 1. The second-order valence-corrected chi connectivity index (χ2v) is 5.10. The second kappa shape index (κ2) is 6.75. The number of hydrogen-bond acceptors (Lipinski definition) is 4. The van der Waals surface area contributed by atoms with Crippen LogP contribution in [0.3, 0.4) is 0 Å². The van der Waals surface area contributed by atoms with Gasteiger partial charge < -0.3 is 5.32 Å². The molecule has 1 heterocycles. The van der Waals surface area contributed by atoms with Crippen molar-refractivity contribution in [2.75, 3.05) is 5.32 Å². The molecule has 0 spiro atoms. The fourth-order valence-corrected chi connectivity index (χ4v) is 2.17. The van der Waals surface area contributed by atoms with E-state index in [1.165, 1.54) is 25.1 Å². The van der Waals surface area contributed by atoms with Crippen molar-refractivity contribution in [2.45, 2.75) is 19.6 Å². The molecule has 0 bridgehead atoms. The normalized spacial score (nSPS) is 11.2. The molecule has 0 fully saturated rings. The molecule has 1 aromatic carbocycles. The zero-order chi connectivity index (χ0) is 18.8. The van der Waals surface area contributed by atoms with Gasteiger partial charge in [-0.1, -0.05) is 12.1 Å². The zero-order valence-electron chi connectivity index (χ0n) is 12.8. The maximum absolute atomic E-state index is 12.9. The van der Waals surface area contributed by atoms with E-state index in [9.17, 15) is 32.9 Å². The Kier molecular flexibility index (Phi) is 4.91. The Morgan fingerprint density at radius 3 is 2.48 bits per heavy atom. The number of halogens is 3. The van der Waals surface area contributed by atoms with Crippen molar-refractivity contribution < 1.29 is 22.9 Å². The number of hydrogen-bond donors (Lipinski definition) is 1. The first-order valence-electron chi connectivity index (χ1n) is 6.92. The molecule has 1 N–H and O–H groups in total. The van der Waals surface area contributed by atoms with E-state index in [1.54, 1.807) is 0 Å². The fraction of sp³-hybridized carbons (Fsp3) is 0.200. The highest BCUT2D eigenvalue weighted by atomic mass is 19.4. The van der Waals surface area contributed by atoms with Gasteiger partial charge in [-0.05, 0) is 25.1 Å². The topological polar surface area (TPSA) is 94.2 Å². The molecule has 1 amide bonds. The van der Waals surface area contributed by atoms with E-state index >= 15 is 0 Å². The molecule has 7 nitrogen and oxygen atoms in total. The number of amides is 1. The van der Waals surface area contributed by atoms with E-state index in [1.807, 2.05) is 0 Å². The Labute approximate surface area is 138 Å². The predicted molar refractivity (Wildman–Crippen MR) is 82.2 cm³/mol. The van der Waals surface area contributed by atoms with Gasteiger partial charge in [0, 0.05) is 11.8 Å². The van der Waals surface area contributed by atoms with E-state index < -0.39 is 46.0 Å². The summed E-state index contributed by atoms with van der Waals surface area (Å²) in [7, 11) is 0. The SMILES string of the molecule is Cc1ccc([N+](=O)[O-])c(=O)n1CC(=O)Nc1ccccc1C(F)(F)F. The molecule has 0 atom stereocenters. The third-order valence-electron chi connectivity index (χ3n) is 3.38. The number of carbonyl (C=O) groups excluding carboxylic acids is 1. The van der Waals surface area contributed by atoms with Crippen LogP contribution in [-0.2, 0) is 17.5 Å². The number of rotatable bonds is 4. The van der Waals surface area contributed by atoms with E-state index in [4.69, 9.17) is 0 Å². The summed E-state index contributed by atoms with van der Waals surface area (Å²) < 4.78 is 39.6. The third kappa shape index (κ3) is 4.03. The molecule has 1 aromatic heterocycles. The number of nitrogens with one attached hydrogen (secondary N) is 1. The van der Waals surface area contributed by atoms with Crippen molar-refractivity contribution in [3.63, 3.8) is 0 Å². The lowest BCUT2D eigenvalue weighted by atomic mass is 10.1. The van der Waals surface area contributed by atoms with E-state index in [-0.39, 0.29) is 5.69 Å². The molecule has 0 saturated carbocycles. The van der Waals surface area contributed by atoms with Crippen LogP contribution in [0.1, 0.15) is 11.3 Å². The van der Waals surface area contributed by atoms with Gasteiger partial charge >= 0.3 is 17.4 Å². The van der Waals surface area contributed by atoms with E-state index in [0.29, 0.717) is 0 Å². The third-order valence-corrected chi connectivity index (χ3v) is 3.38. The van der Waals surface area contributed by atoms with Crippen LogP contribution in [0.25, 0.3) is 0 Å². The maximum atomic E-state index is 12.9. The van der Waals surface area contributed by atoms with Crippen molar-refractivity contribution in [1.29, 1.82) is 0 Å². The second-order valence-electron chi connectivity index (χ2n) is 5.10. The van der Waals surface area contributed by atoms with Gasteiger partial charge in [-0.15, -0.1) is 0 Å². The molecular weight excluding hydrogens is 343 g/mol. The first-order valence-corrected chi connectivity index (χ1v) is 6.92. The lowest BCUT2D eigenvalue weighted by Gasteiger charge is -2.14. The van der Waals surface area contributed by atoms with Gasteiger partial charge in [0.15, 0.2) is 0 Å². The van der Waals surface area contributed by atoms with Crippen molar-refractivity contribution in [1.82, 2.24) is 4.57 Å². The van der Waals surface area contributed by atoms with Crippen molar-refractivity contribution >= 4 is 17.3 Å². The van der Waals surface area contributed by atoms with Crippen molar-refractivity contribution in [2.24, 2.45) is 0 Å². The molecule has 2 rings (SSSR count). The number of nitrogens with zero attached hydrogens (tertiary/aromatic N) is 2. The molecule has 0 aliphatic carbocycles. The lowest BCUT2D eigenvalue weighted by Crippen LogP contribution is -2.30. The fourth-order valence-electron chi connectivity index (χ4n) is 2.17. The Balaban J connectivity index is 2.30. The van der Waals surface area contributed by atoms with Crippen LogP contribution in [0.15, 0.2) is 41.2 Å². The van der Waals surface area contributed by atoms with E-state index in [0.717, 1.165) is 22.8 Å². The summed E-state index contributed by atoms with van der Waals surface area (Å²) in [6.07, 6.45) is -4.66. The zero-order valence-corrected chi connectivity index (χ0v) is 12.8. The number of aryl methyl sites for hydroxylation is 1. The van der Waals surface area contributed by atoms with Gasteiger partial charge in [0.05, 0.1) is 16.2 Å². The molecule has 2 aromatic rings. The molecule has 0 unspecified atom stereocenters. The Hall–Kier alpha value is -3.17. The minimum absolute atomic E-state index is 0.259. The average Bonchev–Trinajstić information content (AvgIpc) is 2.50. The van der Waals surface area contributed by atoms with Crippen LogP contribution in [0.5, 0.6) is 0 Å². The highest BCUT2D eigenvalue weighted by Gasteiger charge is 2.33. The van der Waals surface area contributed by atoms with Gasteiger partial charge in [-0.25, -0.2) is 0 Å². The number of alkyl halides is 3. The minimum Gasteiger partial charge on any atom is -0.324 e. The number of pyridine rings is 1. The minimum atomic E-state index is -4.66. The molecule has 10 heteroatoms. The maximum Gasteiger partial charge on any atom is 0.418 e. The Bertz CT molecular complexity index is 890. The number of nitro groups is 1. The molecule has 0 radical (unpaired) electrons. The van der Waals surface area contributed by atoms with Gasteiger partial charge in [-0.3, -0.25) is 24.3 Å². The first kappa shape index (κ1) is 18.2. The number of aromatic nitrogens is 1. The monoisotopic (exact) mass is 355 g/mol. The quantitative estimate of drug-likeness (QED) is 0.674. The van der Waals surface area contributed by atoms with Crippen LogP contribution in [0.2, 0.25) is 0 Å². The molecule has 0 aliphatic heterocycles. The van der Waals surface area contributed by atoms with Crippen LogP contribution in [0, 0.1) is 17.0 Å². The molecular formula is C15H12F3N3O4. The molecule has 0 aliphatic rings. The van der Waals surface area contributed by atoms with Crippen LogP contribution < -0.4 is 10.9 Å². The van der Waals surface area contributed by atoms with Crippen LogP contribution in [0.4, 0.5) is 24.5 Å². The summed E-state index contributed by atoms with van der Waals surface area (Å²) in [4.78, 5) is 33.9. The summed E-state index contributed by atoms with van der Waals surface area (Å²) in [6.45, 7) is 0.792. The summed E-state index contributed by atoms with van der Waals surface area (Å²) in [6, 6.07) is 6.65. The van der Waals surface area contributed by atoms with Crippen molar-refractivity contribution in [3.05, 3.63) is 68.1 Å². The van der Waals surface area contributed by atoms with Crippen LogP contribution in [-0.4, -0.2) is 15.4 Å². The van der Waals surface area contributed by atoms with Gasteiger partial charge in [0.25, 0.3) is 0 Å².